The van der Waals surface area contributed by atoms with Gasteiger partial charge in [-0.05, 0) is 70.3 Å². The van der Waals surface area contributed by atoms with Crippen molar-refractivity contribution in [3.8, 4) is 0 Å². The summed E-state index contributed by atoms with van der Waals surface area (Å²) in [7, 11) is 7.70. The molecule has 250 valence electrons. The Bertz CT molecular complexity index is 1970. The number of aliphatic hydroxyl groups is 2. The summed E-state index contributed by atoms with van der Waals surface area (Å²) >= 11 is 0. The topological polar surface area (TPSA) is 146 Å². The number of carbonyl (C=O) groups is 4. The van der Waals surface area contributed by atoms with Crippen molar-refractivity contribution in [1.82, 2.24) is 19.6 Å². The van der Waals surface area contributed by atoms with Crippen LogP contribution in [0.15, 0.2) is 42.5 Å². The van der Waals surface area contributed by atoms with Crippen LogP contribution in [0.1, 0.15) is 31.4 Å². The number of piperazine rings is 2. The van der Waals surface area contributed by atoms with Crippen molar-refractivity contribution in [2.24, 2.45) is 0 Å². The molecule has 17 heteroatoms. The van der Waals surface area contributed by atoms with Crippen LogP contribution in [0, 0.1) is 5.82 Å². The van der Waals surface area contributed by atoms with E-state index in [0.717, 1.165) is 21.6 Å². The van der Waals surface area contributed by atoms with Crippen molar-refractivity contribution < 1.29 is 33.8 Å². The lowest BCUT2D eigenvalue weighted by Gasteiger charge is -2.58. The predicted octanol–water partition coefficient (Wildman–Crippen LogP) is 1.86. The summed E-state index contributed by atoms with van der Waals surface area (Å²) in [6.07, 6.45) is -5.52. The van der Waals surface area contributed by atoms with Crippen LogP contribution in [-0.4, -0.2) is 112 Å². The average Bonchev–Trinajstić information content (AvgIpc) is 3.72. The predicted molar refractivity (Wildman–Crippen MR) is 180 cm³/mol. The third-order valence-electron chi connectivity index (χ3n) is 12.5. The third-order valence-corrected chi connectivity index (χ3v) is 19.9. The van der Waals surface area contributed by atoms with E-state index in [1.54, 1.807) is 38.2 Å². The van der Waals surface area contributed by atoms with E-state index >= 15 is 4.39 Å². The standard InChI is InChI=1S/C31H29FN6O6S4/c1-5-27-23(42)38-21-29(15-12-13(32)10-11-17(15)34-21,19(40)31(38,48-46-27)25(44)36(27)4)28-14-8-6-7-9-16(14)33-20(28)37-22(41)26(2)35(3)24(43)30(37,18(28)39)47-45-26/h6-12,18-21,33-34,39-40H,5H2,1-4H3/t18-,19-,20+,21+,26-,27-,28+,29+,30-,31-/m0/s1. The molecule has 0 aliphatic carbocycles. The molecule has 8 fully saturated rings. The second kappa shape index (κ2) is 8.54. The summed E-state index contributed by atoms with van der Waals surface area (Å²) in [5.74, 6) is -2.42. The van der Waals surface area contributed by atoms with Crippen molar-refractivity contribution in [1.29, 1.82) is 0 Å². The molecule has 0 unspecified atom stereocenters. The lowest BCUT2D eigenvalue weighted by atomic mass is 9.52. The number of nitrogens with zero attached hydrogens (tertiary/aromatic N) is 4. The molecule has 8 saturated heterocycles. The third kappa shape index (κ3) is 2.50. The van der Waals surface area contributed by atoms with Crippen LogP contribution in [0.4, 0.5) is 15.8 Å². The average molecular weight is 729 g/mol. The van der Waals surface area contributed by atoms with Crippen molar-refractivity contribution in [2.75, 3.05) is 24.7 Å². The van der Waals surface area contributed by atoms with Gasteiger partial charge in [-0.1, -0.05) is 46.7 Å². The summed E-state index contributed by atoms with van der Waals surface area (Å²) in [6, 6.07) is 11.2. The fourth-order valence-corrected chi connectivity index (χ4v) is 17.7. The molecule has 2 aromatic carbocycles. The summed E-state index contributed by atoms with van der Waals surface area (Å²) in [5, 5.41) is 33.5. The number of likely N-dealkylation sites (N-methyl/N-ethyl adjacent to an activating group) is 2. The molecular formula is C31H29FN6O6S4. The lowest BCUT2D eigenvalue weighted by molar-refractivity contribution is -0.167. The van der Waals surface area contributed by atoms with Crippen LogP contribution in [0.25, 0.3) is 0 Å². The number of nitrogens with one attached hydrogen (secondary N) is 2. The molecule has 0 saturated carbocycles. The number of benzene rings is 2. The van der Waals surface area contributed by atoms with Crippen molar-refractivity contribution in [3.05, 3.63) is 59.4 Å². The molecular weight excluding hydrogens is 700 g/mol. The van der Waals surface area contributed by atoms with E-state index in [4.69, 9.17) is 0 Å². The van der Waals surface area contributed by atoms with Crippen LogP contribution < -0.4 is 10.6 Å². The molecule has 2 spiro atoms. The second-order valence-corrected chi connectivity index (χ2v) is 19.2. The maximum absolute atomic E-state index is 15.6. The van der Waals surface area contributed by atoms with Gasteiger partial charge in [0.2, 0.25) is 9.74 Å². The first-order valence-electron chi connectivity index (χ1n) is 15.6. The molecule has 48 heavy (non-hydrogen) atoms. The highest BCUT2D eigenvalue weighted by Gasteiger charge is 2.93. The molecule has 10 aliphatic rings. The van der Waals surface area contributed by atoms with Crippen molar-refractivity contribution in [2.45, 2.75) is 75.1 Å². The Kier molecular flexibility index (Phi) is 5.34. The highest BCUT2D eigenvalue weighted by atomic mass is 33.1. The smallest absolute Gasteiger partial charge is 0.264 e. The maximum atomic E-state index is 15.6. The van der Waals surface area contributed by atoms with E-state index in [1.165, 1.54) is 66.4 Å². The second-order valence-electron chi connectivity index (χ2n) is 13.8. The van der Waals surface area contributed by atoms with E-state index in [9.17, 15) is 29.4 Å². The minimum atomic E-state index is -1.89. The Labute approximate surface area is 289 Å². The molecule has 10 heterocycles. The van der Waals surface area contributed by atoms with Gasteiger partial charge in [-0.3, -0.25) is 29.0 Å². The number of hydrogen-bond acceptors (Lipinski definition) is 12. The van der Waals surface area contributed by atoms with Gasteiger partial charge in [-0.15, -0.1) is 0 Å². The molecule has 4 N–H and O–H groups in total. The first kappa shape index (κ1) is 30.0. The fourth-order valence-electron chi connectivity index (χ4n) is 10.2. The molecule has 0 radical (unpaired) electrons. The zero-order valence-corrected chi connectivity index (χ0v) is 29.2. The van der Waals surface area contributed by atoms with Crippen molar-refractivity contribution in [3.63, 3.8) is 0 Å². The van der Waals surface area contributed by atoms with Crippen LogP contribution in [0.2, 0.25) is 0 Å². The lowest BCUT2D eigenvalue weighted by Crippen LogP contribution is -2.78. The Balaban J connectivity index is 1.36. The zero-order valence-electron chi connectivity index (χ0n) is 25.9. The minimum Gasteiger partial charge on any atom is -0.388 e. The Morgan fingerprint density at radius 2 is 1.31 bits per heavy atom. The normalized spacial score (nSPS) is 45.6. The summed E-state index contributed by atoms with van der Waals surface area (Å²) in [4.78, 5) is 58.1. The number of hydrogen-bond donors (Lipinski definition) is 4. The van der Waals surface area contributed by atoms with Gasteiger partial charge in [-0.25, -0.2) is 4.39 Å². The SMILES string of the molecule is CC[C@@]12SS[C@]3(C(=O)N1C)[C@@H](O)[C@]1([C@@]45c6ccccc6N[C@@H]4N4C(=O)[C@]6(C)SS[C@]4(C(=O)N6C)[C@H]5O)c4cc(F)ccc4N[C@@H]1N3C2=O. The van der Waals surface area contributed by atoms with Gasteiger partial charge in [0.15, 0.2) is 9.74 Å². The summed E-state index contributed by atoms with van der Waals surface area (Å²) < 4.78 is 15.6. The number of carbonyl (C=O) groups excluding carboxylic acids is 4. The van der Waals surface area contributed by atoms with Gasteiger partial charge in [0.25, 0.3) is 23.6 Å². The van der Waals surface area contributed by atoms with Crippen molar-refractivity contribution >= 4 is 78.2 Å². The van der Waals surface area contributed by atoms with Gasteiger partial charge in [-0.2, -0.15) is 0 Å². The molecule has 12 nitrogen and oxygen atoms in total. The molecule has 4 bridgehead atoms. The first-order chi connectivity index (χ1) is 22.8. The number of anilines is 2. The molecule has 10 atom stereocenters. The monoisotopic (exact) mass is 728 g/mol. The van der Waals surface area contributed by atoms with E-state index in [1.807, 2.05) is 6.92 Å². The van der Waals surface area contributed by atoms with Crippen LogP contribution >= 0.6 is 43.2 Å². The number of para-hydroxylation sites is 1. The highest BCUT2D eigenvalue weighted by Crippen LogP contribution is 2.78. The van der Waals surface area contributed by atoms with Crippen LogP contribution in [0.3, 0.4) is 0 Å². The molecule has 10 aliphatic heterocycles. The fraction of sp³-hybridized carbons (Fsp3) is 0.484. The molecule has 2 aromatic rings. The zero-order chi connectivity index (χ0) is 33.7. The van der Waals surface area contributed by atoms with Gasteiger partial charge in [0, 0.05) is 25.5 Å². The van der Waals surface area contributed by atoms with E-state index in [-0.39, 0.29) is 12.0 Å². The van der Waals surface area contributed by atoms with Gasteiger partial charge < -0.3 is 30.6 Å². The number of halogens is 1. The highest BCUT2D eigenvalue weighted by molar-refractivity contribution is 8.78. The van der Waals surface area contributed by atoms with Gasteiger partial charge in [0.1, 0.15) is 30.4 Å². The number of rotatable bonds is 2. The Morgan fingerprint density at radius 1 is 0.750 bits per heavy atom. The molecule has 12 rings (SSSR count). The van der Waals surface area contributed by atoms with E-state index in [2.05, 4.69) is 10.6 Å². The molecule has 4 amide bonds. The van der Waals surface area contributed by atoms with Crippen LogP contribution in [0.5, 0.6) is 0 Å². The largest absolute Gasteiger partial charge is 0.388 e. The Morgan fingerprint density at radius 3 is 1.98 bits per heavy atom. The maximum Gasteiger partial charge on any atom is 0.264 e. The van der Waals surface area contributed by atoms with Gasteiger partial charge in [0.05, 0.1) is 10.8 Å². The van der Waals surface area contributed by atoms with Gasteiger partial charge >= 0.3 is 0 Å². The summed E-state index contributed by atoms with van der Waals surface area (Å²) in [5.41, 5.74) is -1.99. The number of fused-ring (bicyclic) bond motifs is 11. The number of aliphatic hydroxyl groups excluding tert-OH is 2. The first-order valence-corrected chi connectivity index (χ1v) is 19.9. The van der Waals surface area contributed by atoms with E-state index in [0.29, 0.717) is 16.9 Å². The minimum absolute atomic E-state index is 0.247. The summed E-state index contributed by atoms with van der Waals surface area (Å²) in [6.45, 7) is 3.49. The quantitative estimate of drug-likeness (QED) is 0.335. The number of amides is 4. The molecule has 0 aromatic heterocycles. The van der Waals surface area contributed by atoms with E-state index < -0.39 is 84.3 Å². The van der Waals surface area contributed by atoms with Crippen LogP contribution in [-0.2, 0) is 30.0 Å². The Hall–Kier alpha value is -2.83.